The Balaban J connectivity index is 2.81. The van der Waals surface area contributed by atoms with Crippen molar-refractivity contribution >= 4 is 16.7 Å². The second-order valence-electron chi connectivity index (χ2n) is 4.68. The van der Waals surface area contributed by atoms with Gasteiger partial charge in [0.2, 0.25) is 0 Å². The zero-order valence-corrected chi connectivity index (χ0v) is 11.3. The topological polar surface area (TPSA) is 92.4 Å². The molecule has 1 unspecified atom stereocenters. The van der Waals surface area contributed by atoms with Crippen molar-refractivity contribution in [3.8, 4) is 0 Å². The predicted molar refractivity (Wildman–Crippen MR) is 69.3 cm³/mol. The van der Waals surface area contributed by atoms with E-state index in [0.717, 1.165) is 18.2 Å². The zero-order valence-electron chi connectivity index (χ0n) is 11.3. The van der Waals surface area contributed by atoms with Crippen molar-refractivity contribution in [2.45, 2.75) is 25.7 Å². The second kappa shape index (κ2) is 5.41. The van der Waals surface area contributed by atoms with Crippen LogP contribution in [0.4, 0.5) is 13.2 Å². The Bertz CT molecular complexity index is 796. The lowest BCUT2D eigenvalue weighted by molar-refractivity contribution is -0.138. The molecule has 0 aliphatic heterocycles. The number of aliphatic hydroxyl groups is 1. The first-order valence-corrected chi connectivity index (χ1v) is 6.13. The predicted octanol–water partition coefficient (Wildman–Crippen LogP) is 1.55. The summed E-state index contributed by atoms with van der Waals surface area (Å²) in [6.07, 6.45) is -5.88. The van der Waals surface area contributed by atoms with E-state index in [2.05, 4.69) is 5.10 Å². The molecule has 6 nitrogen and oxygen atoms in total. The van der Waals surface area contributed by atoms with Gasteiger partial charge in [-0.3, -0.25) is 9.59 Å². The monoisotopic (exact) mass is 316 g/mol. The Morgan fingerprint density at radius 1 is 1.36 bits per heavy atom. The molecule has 2 aromatic rings. The van der Waals surface area contributed by atoms with Gasteiger partial charge in [0, 0.05) is 5.39 Å². The van der Waals surface area contributed by atoms with Crippen LogP contribution in [0.15, 0.2) is 23.0 Å². The maximum Gasteiger partial charge on any atom is 0.416 e. The number of aliphatic carboxylic acids is 1. The van der Waals surface area contributed by atoms with Crippen molar-refractivity contribution in [2.75, 3.05) is 0 Å². The number of aromatic nitrogens is 2. The summed E-state index contributed by atoms with van der Waals surface area (Å²) in [7, 11) is 0. The number of hydrogen-bond acceptors (Lipinski definition) is 4. The number of halogens is 3. The van der Waals surface area contributed by atoms with Crippen molar-refractivity contribution in [3.05, 3.63) is 39.8 Å². The summed E-state index contributed by atoms with van der Waals surface area (Å²) in [5, 5.41) is 21.8. The maximum atomic E-state index is 12.8. The molecule has 0 saturated carbocycles. The number of fused-ring (bicyclic) bond motifs is 1. The molecule has 118 valence electrons. The molecule has 22 heavy (non-hydrogen) atoms. The lowest BCUT2D eigenvalue weighted by Crippen LogP contribution is -2.28. The van der Waals surface area contributed by atoms with Crippen LogP contribution in [0.1, 0.15) is 24.3 Å². The average Bonchev–Trinajstić information content (AvgIpc) is 2.39. The second-order valence-corrected chi connectivity index (χ2v) is 4.68. The Kier molecular flexibility index (Phi) is 3.92. The van der Waals surface area contributed by atoms with Crippen LogP contribution in [0, 0.1) is 0 Å². The molecule has 0 spiro atoms. The lowest BCUT2D eigenvalue weighted by atomic mass is 10.0. The molecule has 2 N–H and O–H groups in total. The largest absolute Gasteiger partial charge is 0.480 e. The summed E-state index contributed by atoms with van der Waals surface area (Å²) in [6.45, 7) is 0.507. The first-order chi connectivity index (χ1) is 10.1. The van der Waals surface area contributed by atoms with Gasteiger partial charge < -0.3 is 10.2 Å². The lowest BCUT2D eigenvalue weighted by Gasteiger charge is -2.13. The number of carbonyl (C=O) groups is 1. The first-order valence-electron chi connectivity index (χ1n) is 6.13. The van der Waals surface area contributed by atoms with E-state index in [9.17, 15) is 27.9 Å². The van der Waals surface area contributed by atoms with E-state index in [-0.39, 0.29) is 16.5 Å². The molecule has 1 atom stereocenters. The summed E-state index contributed by atoms with van der Waals surface area (Å²) in [5.41, 5.74) is -2.02. The highest BCUT2D eigenvalue weighted by molar-refractivity contribution is 5.85. The van der Waals surface area contributed by atoms with Crippen LogP contribution in [0.25, 0.3) is 10.8 Å². The Morgan fingerprint density at radius 2 is 2.00 bits per heavy atom. The van der Waals surface area contributed by atoms with Crippen molar-refractivity contribution in [1.29, 1.82) is 0 Å². The van der Waals surface area contributed by atoms with Gasteiger partial charge in [-0.25, -0.2) is 4.68 Å². The highest BCUT2D eigenvalue weighted by atomic mass is 19.4. The van der Waals surface area contributed by atoms with Gasteiger partial charge in [0.25, 0.3) is 5.56 Å². The minimum atomic E-state index is -4.61. The molecule has 2 rings (SSSR count). The van der Waals surface area contributed by atoms with Crippen LogP contribution in [-0.2, 0) is 17.5 Å². The molecule has 1 heterocycles. The highest BCUT2D eigenvalue weighted by Gasteiger charge is 2.31. The zero-order chi connectivity index (χ0) is 16.7. The third-order valence-electron chi connectivity index (χ3n) is 3.00. The molecule has 0 fully saturated rings. The number of carboxylic acid groups (broad SMARTS) is 1. The van der Waals surface area contributed by atoms with Crippen molar-refractivity contribution in [3.63, 3.8) is 0 Å². The van der Waals surface area contributed by atoms with E-state index < -0.39 is 35.9 Å². The maximum absolute atomic E-state index is 12.8. The summed E-state index contributed by atoms with van der Waals surface area (Å²) in [6, 6.07) is 2.39. The SMILES string of the molecule is CC(O)c1nn(CC(=O)O)c(=O)c2ccc(C(F)(F)F)cc12. The molecule has 0 aliphatic rings. The van der Waals surface area contributed by atoms with Gasteiger partial charge >= 0.3 is 12.1 Å². The van der Waals surface area contributed by atoms with Crippen LogP contribution in [0.5, 0.6) is 0 Å². The summed E-state index contributed by atoms with van der Waals surface area (Å²) in [4.78, 5) is 22.8. The molecule has 0 saturated heterocycles. The number of benzene rings is 1. The molecule has 1 aromatic carbocycles. The fourth-order valence-corrected chi connectivity index (χ4v) is 2.03. The molecular formula is C13H11F3N2O4. The fourth-order valence-electron chi connectivity index (χ4n) is 2.03. The number of nitrogens with zero attached hydrogens (tertiary/aromatic N) is 2. The smallest absolute Gasteiger partial charge is 0.416 e. The van der Waals surface area contributed by atoms with Crippen molar-refractivity contribution < 1.29 is 28.2 Å². The van der Waals surface area contributed by atoms with Gasteiger partial charge in [0.15, 0.2) is 0 Å². The minimum absolute atomic E-state index is 0.139. The Labute approximate surface area is 121 Å². The number of alkyl halides is 3. The number of carboxylic acids is 1. The number of hydrogen-bond donors (Lipinski definition) is 2. The van der Waals surface area contributed by atoms with Gasteiger partial charge in [-0.15, -0.1) is 0 Å². The normalized spacial score (nSPS) is 13.3. The Hall–Kier alpha value is -2.42. The van der Waals surface area contributed by atoms with E-state index >= 15 is 0 Å². The molecule has 0 bridgehead atoms. The minimum Gasteiger partial charge on any atom is -0.480 e. The van der Waals surface area contributed by atoms with Crippen LogP contribution >= 0.6 is 0 Å². The van der Waals surface area contributed by atoms with E-state index in [1.54, 1.807) is 0 Å². The third kappa shape index (κ3) is 2.93. The molecule has 1 aromatic heterocycles. The van der Waals surface area contributed by atoms with Crippen molar-refractivity contribution in [1.82, 2.24) is 9.78 Å². The summed E-state index contributed by atoms with van der Waals surface area (Å²) < 4.78 is 38.9. The van der Waals surface area contributed by atoms with Crippen molar-refractivity contribution in [2.24, 2.45) is 0 Å². The quantitative estimate of drug-likeness (QED) is 0.896. The Morgan fingerprint density at radius 3 is 2.50 bits per heavy atom. The van der Waals surface area contributed by atoms with E-state index in [1.165, 1.54) is 6.92 Å². The van der Waals surface area contributed by atoms with Crippen LogP contribution in [-0.4, -0.2) is 26.0 Å². The van der Waals surface area contributed by atoms with Gasteiger partial charge in [-0.05, 0) is 25.1 Å². The van der Waals surface area contributed by atoms with E-state index in [1.807, 2.05) is 0 Å². The van der Waals surface area contributed by atoms with Crippen LogP contribution in [0.3, 0.4) is 0 Å². The fraction of sp³-hybridized carbons (Fsp3) is 0.308. The standard InChI is InChI=1S/C13H11F3N2O4/c1-6(19)11-9-4-7(13(14,15)16)2-3-8(9)12(22)18(17-11)5-10(20)21/h2-4,6,19H,5H2,1H3,(H,20,21). The number of aliphatic hydroxyl groups excluding tert-OH is 1. The highest BCUT2D eigenvalue weighted by Crippen LogP contribution is 2.32. The molecule has 0 radical (unpaired) electrons. The average molecular weight is 316 g/mol. The molecular weight excluding hydrogens is 305 g/mol. The summed E-state index contributed by atoms with van der Waals surface area (Å²) >= 11 is 0. The summed E-state index contributed by atoms with van der Waals surface area (Å²) in [5.74, 6) is -1.34. The molecule has 0 amide bonds. The van der Waals surface area contributed by atoms with E-state index in [0.29, 0.717) is 4.68 Å². The third-order valence-corrected chi connectivity index (χ3v) is 3.00. The van der Waals surface area contributed by atoms with E-state index in [4.69, 9.17) is 5.11 Å². The number of rotatable bonds is 3. The van der Waals surface area contributed by atoms with Crippen LogP contribution < -0.4 is 5.56 Å². The van der Waals surface area contributed by atoms with Gasteiger partial charge in [0.05, 0.1) is 22.7 Å². The molecule has 0 aliphatic carbocycles. The van der Waals surface area contributed by atoms with Gasteiger partial charge in [-0.1, -0.05) is 0 Å². The van der Waals surface area contributed by atoms with Gasteiger partial charge in [0.1, 0.15) is 6.54 Å². The first kappa shape index (κ1) is 16.0. The van der Waals surface area contributed by atoms with Crippen LogP contribution in [0.2, 0.25) is 0 Å². The molecule has 9 heteroatoms. The van der Waals surface area contributed by atoms with Gasteiger partial charge in [-0.2, -0.15) is 18.3 Å².